The number of carbonyl (C=O) groups excluding carboxylic acids is 1. The predicted octanol–water partition coefficient (Wildman–Crippen LogP) is 2.17. The molecule has 0 atom stereocenters. The van der Waals surface area contributed by atoms with Gasteiger partial charge in [0.25, 0.3) is 0 Å². The van der Waals surface area contributed by atoms with Crippen molar-refractivity contribution in [3.05, 3.63) is 40.5 Å². The van der Waals surface area contributed by atoms with Gasteiger partial charge in [0.2, 0.25) is 5.91 Å². The van der Waals surface area contributed by atoms with Crippen LogP contribution in [0.4, 0.5) is 11.5 Å². The number of carbonyl (C=O) groups is 1. The Balaban J connectivity index is 2.03. The fraction of sp³-hybridized carbons (Fsp3) is 0.167. The molecule has 2 rings (SSSR count). The lowest BCUT2D eigenvalue weighted by Crippen LogP contribution is -2.19. The first-order valence-electron chi connectivity index (χ1n) is 5.39. The lowest BCUT2D eigenvalue weighted by Gasteiger charge is -2.08. The molecular formula is C12H13BrN4O. The summed E-state index contributed by atoms with van der Waals surface area (Å²) in [4.78, 5) is 11.8. The molecule has 0 saturated carbocycles. The van der Waals surface area contributed by atoms with E-state index >= 15 is 0 Å². The first-order chi connectivity index (χ1) is 8.54. The molecule has 0 bridgehead atoms. The van der Waals surface area contributed by atoms with Gasteiger partial charge >= 0.3 is 0 Å². The van der Waals surface area contributed by atoms with Crippen molar-refractivity contribution in [1.29, 1.82) is 0 Å². The lowest BCUT2D eigenvalue weighted by molar-refractivity contribution is -0.116. The molecule has 1 aromatic heterocycles. The van der Waals surface area contributed by atoms with Gasteiger partial charge in [0.15, 0.2) is 0 Å². The predicted molar refractivity (Wildman–Crippen MR) is 74.1 cm³/mol. The normalized spacial score (nSPS) is 10.3. The molecule has 1 heterocycles. The molecule has 2 aromatic rings. The molecule has 6 heteroatoms. The fourth-order valence-electron chi connectivity index (χ4n) is 1.57. The van der Waals surface area contributed by atoms with Crippen LogP contribution in [0.5, 0.6) is 0 Å². The Labute approximate surface area is 113 Å². The maximum Gasteiger partial charge on any atom is 0.246 e. The van der Waals surface area contributed by atoms with Crippen LogP contribution in [0.25, 0.3) is 0 Å². The topological polar surface area (TPSA) is 72.9 Å². The Morgan fingerprint density at radius 3 is 2.89 bits per heavy atom. The number of halogens is 1. The number of anilines is 2. The van der Waals surface area contributed by atoms with Crippen LogP contribution in [0.3, 0.4) is 0 Å². The molecule has 0 fully saturated rings. The van der Waals surface area contributed by atoms with Crippen LogP contribution in [0.2, 0.25) is 0 Å². The minimum absolute atomic E-state index is 0.136. The van der Waals surface area contributed by atoms with Crippen molar-refractivity contribution in [3.63, 3.8) is 0 Å². The van der Waals surface area contributed by atoms with Crippen molar-refractivity contribution in [1.82, 2.24) is 9.78 Å². The standard InChI is InChI=1S/C12H13BrN4O/c1-8-6-9(13)2-3-10(8)15-12(18)7-17-5-4-11(14)16-17/h2-6H,7H2,1H3,(H2,14,16)(H,15,18). The molecule has 3 N–H and O–H groups in total. The average Bonchev–Trinajstić information content (AvgIpc) is 2.68. The number of nitrogens with zero attached hydrogens (tertiary/aromatic N) is 2. The molecule has 0 aliphatic heterocycles. The van der Waals surface area contributed by atoms with E-state index in [1.54, 1.807) is 12.3 Å². The van der Waals surface area contributed by atoms with Crippen molar-refractivity contribution in [2.45, 2.75) is 13.5 Å². The van der Waals surface area contributed by atoms with Crippen molar-refractivity contribution in [2.24, 2.45) is 0 Å². The van der Waals surface area contributed by atoms with E-state index in [1.807, 2.05) is 25.1 Å². The van der Waals surface area contributed by atoms with Gasteiger partial charge in [-0.15, -0.1) is 0 Å². The third kappa shape index (κ3) is 3.10. The zero-order valence-corrected chi connectivity index (χ0v) is 11.4. The molecule has 94 valence electrons. The summed E-state index contributed by atoms with van der Waals surface area (Å²) in [5.74, 6) is 0.270. The third-order valence-corrected chi connectivity index (χ3v) is 2.92. The van der Waals surface area contributed by atoms with Gasteiger partial charge in [-0.05, 0) is 36.8 Å². The first kappa shape index (κ1) is 12.6. The summed E-state index contributed by atoms with van der Waals surface area (Å²) in [6.45, 7) is 2.08. The van der Waals surface area contributed by atoms with Gasteiger partial charge in [0, 0.05) is 16.4 Å². The van der Waals surface area contributed by atoms with Gasteiger partial charge in [-0.3, -0.25) is 9.48 Å². The lowest BCUT2D eigenvalue weighted by atomic mass is 10.2. The Morgan fingerprint density at radius 1 is 1.50 bits per heavy atom. The summed E-state index contributed by atoms with van der Waals surface area (Å²) >= 11 is 3.38. The molecule has 5 nitrogen and oxygen atoms in total. The number of hydrogen-bond acceptors (Lipinski definition) is 3. The number of nitrogen functional groups attached to an aromatic ring is 1. The zero-order valence-electron chi connectivity index (χ0n) is 9.85. The number of nitrogens with one attached hydrogen (secondary N) is 1. The highest BCUT2D eigenvalue weighted by Gasteiger charge is 2.06. The molecule has 0 unspecified atom stereocenters. The van der Waals surface area contributed by atoms with E-state index in [0.29, 0.717) is 5.82 Å². The molecule has 1 aromatic carbocycles. The van der Waals surface area contributed by atoms with Crippen LogP contribution < -0.4 is 11.1 Å². The molecule has 18 heavy (non-hydrogen) atoms. The molecule has 0 radical (unpaired) electrons. The van der Waals surface area contributed by atoms with Gasteiger partial charge in [0.05, 0.1) is 0 Å². The minimum atomic E-state index is -0.136. The van der Waals surface area contributed by atoms with Crippen molar-refractivity contribution >= 4 is 33.3 Å². The number of benzene rings is 1. The summed E-state index contributed by atoms with van der Waals surface area (Å²) < 4.78 is 2.48. The number of aromatic nitrogens is 2. The number of hydrogen-bond donors (Lipinski definition) is 2. The Kier molecular flexibility index (Phi) is 3.66. The largest absolute Gasteiger partial charge is 0.382 e. The molecule has 0 aliphatic rings. The van der Waals surface area contributed by atoms with Crippen LogP contribution in [0.1, 0.15) is 5.56 Å². The summed E-state index contributed by atoms with van der Waals surface area (Å²) in [5, 5.41) is 6.79. The second-order valence-electron chi connectivity index (χ2n) is 3.95. The van der Waals surface area contributed by atoms with Gasteiger partial charge in [-0.2, -0.15) is 5.10 Å². The van der Waals surface area contributed by atoms with Crippen molar-refractivity contribution in [3.8, 4) is 0 Å². The summed E-state index contributed by atoms with van der Waals surface area (Å²) in [5.41, 5.74) is 7.27. The smallest absolute Gasteiger partial charge is 0.246 e. The van der Waals surface area contributed by atoms with E-state index in [2.05, 4.69) is 26.3 Å². The molecule has 0 spiro atoms. The van der Waals surface area contributed by atoms with Crippen LogP contribution in [-0.4, -0.2) is 15.7 Å². The quantitative estimate of drug-likeness (QED) is 0.912. The Bertz CT molecular complexity index is 579. The van der Waals surface area contributed by atoms with E-state index in [0.717, 1.165) is 15.7 Å². The van der Waals surface area contributed by atoms with E-state index in [9.17, 15) is 4.79 Å². The van der Waals surface area contributed by atoms with Gasteiger partial charge < -0.3 is 11.1 Å². The van der Waals surface area contributed by atoms with Crippen LogP contribution in [0, 0.1) is 6.92 Å². The van der Waals surface area contributed by atoms with Gasteiger partial charge in [-0.25, -0.2) is 0 Å². The monoisotopic (exact) mass is 308 g/mol. The number of nitrogens with two attached hydrogens (primary N) is 1. The fourth-order valence-corrected chi connectivity index (χ4v) is 2.05. The second kappa shape index (κ2) is 5.22. The Hall–Kier alpha value is -1.82. The molecule has 0 aliphatic carbocycles. The van der Waals surface area contributed by atoms with E-state index in [-0.39, 0.29) is 12.5 Å². The first-order valence-corrected chi connectivity index (χ1v) is 6.19. The SMILES string of the molecule is Cc1cc(Br)ccc1NC(=O)Cn1ccc(N)n1. The number of rotatable bonds is 3. The Morgan fingerprint density at radius 2 is 2.28 bits per heavy atom. The van der Waals surface area contributed by atoms with E-state index < -0.39 is 0 Å². The van der Waals surface area contributed by atoms with Gasteiger partial charge in [0.1, 0.15) is 12.4 Å². The maximum atomic E-state index is 11.8. The third-order valence-electron chi connectivity index (χ3n) is 2.43. The highest BCUT2D eigenvalue weighted by molar-refractivity contribution is 9.10. The number of aryl methyl sites for hydroxylation is 1. The highest BCUT2D eigenvalue weighted by Crippen LogP contribution is 2.19. The number of amides is 1. The molecule has 1 amide bonds. The van der Waals surface area contributed by atoms with Crippen LogP contribution in [-0.2, 0) is 11.3 Å². The van der Waals surface area contributed by atoms with E-state index in [1.165, 1.54) is 4.68 Å². The van der Waals surface area contributed by atoms with Crippen LogP contribution >= 0.6 is 15.9 Å². The van der Waals surface area contributed by atoms with Crippen molar-refractivity contribution in [2.75, 3.05) is 11.1 Å². The van der Waals surface area contributed by atoms with E-state index in [4.69, 9.17) is 5.73 Å². The average molecular weight is 309 g/mol. The summed E-state index contributed by atoms with van der Waals surface area (Å²) in [7, 11) is 0. The molecular weight excluding hydrogens is 296 g/mol. The minimum Gasteiger partial charge on any atom is -0.382 e. The van der Waals surface area contributed by atoms with Crippen LogP contribution in [0.15, 0.2) is 34.9 Å². The van der Waals surface area contributed by atoms with Crippen molar-refractivity contribution < 1.29 is 4.79 Å². The molecule has 0 saturated heterocycles. The zero-order chi connectivity index (χ0) is 13.1. The maximum absolute atomic E-state index is 11.8. The summed E-state index contributed by atoms with van der Waals surface area (Å²) in [6, 6.07) is 7.34. The van der Waals surface area contributed by atoms with Gasteiger partial charge in [-0.1, -0.05) is 15.9 Å². The second-order valence-corrected chi connectivity index (χ2v) is 4.86. The highest BCUT2D eigenvalue weighted by atomic mass is 79.9. The summed E-state index contributed by atoms with van der Waals surface area (Å²) in [6.07, 6.45) is 1.67.